The molecule has 1 N–H and O–H groups in total. The van der Waals surface area contributed by atoms with Gasteiger partial charge >= 0.3 is 5.97 Å². The number of nitrogens with zero attached hydrogens (tertiary/aromatic N) is 1. The summed E-state index contributed by atoms with van der Waals surface area (Å²) in [5, 5.41) is 9.48. The zero-order valence-electron chi connectivity index (χ0n) is 15.9. The third-order valence-corrected chi connectivity index (χ3v) is 5.36. The summed E-state index contributed by atoms with van der Waals surface area (Å²) in [5.74, 6) is 1.42. The summed E-state index contributed by atoms with van der Waals surface area (Å²) >= 11 is 5.96. The van der Waals surface area contributed by atoms with Gasteiger partial charge in [-0.15, -0.1) is 0 Å². The van der Waals surface area contributed by atoms with Crippen molar-refractivity contribution in [2.75, 3.05) is 19.7 Å². The lowest BCUT2D eigenvalue weighted by atomic mass is 10.0. The maximum atomic E-state index is 10.7. The van der Waals surface area contributed by atoms with Crippen LogP contribution in [0.5, 0.6) is 5.75 Å². The van der Waals surface area contributed by atoms with E-state index in [0.717, 1.165) is 49.6 Å². The molecule has 0 atom stereocenters. The molecule has 2 aromatic carbocycles. The van der Waals surface area contributed by atoms with Gasteiger partial charge in [-0.25, -0.2) is 4.79 Å². The maximum Gasteiger partial charge on any atom is 0.341 e. The predicted octanol–water partition coefficient (Wildman–Crippen LogP) is 4.66. The van der Waals surface area contributed by atoms with Crippen molar-refractivity contribution in [1.29, 1.82) is 0 Å². The summed E-state index contributed by atoms with van der Waals surface area (Å²) in [6.07, 6.45) is 1.84. The van der Waals surface area contributed by atoms with Gasteiger partial charge in [0.25, 0.3) is 0 Å². The summed E-state index contributed by atoms with van der Waals surface area (Å²) in [7, 11) is 0. The van der Waals surface area contributed by atoms with E-state index in [1.165, 1.54) is 11.1 Å². The number of carboxylic acids is 1. The first-order valence-corrected chi connectivity index (χ1v) is 9.98. The van der Waals surface area contributed by atoms with E-state index in [9.17, 15) is 4.79 Å². The number of furan rings is 1. The van der Waals surface area contributed by atoms with E-state index in [1.54, 1.807) is 0 Å². The second kappa shape index (κ2) is 8.72. The third-order valence-electron chi connectivity index (χ3n) is 5.10. The Labute approximate surface area is 174 Å². The first kappa shape index (κ1) is 19.6. The molecule has 1 aromatic heterocycles. The monoisotopic (exact) mass is 411 g/mol. The Balaban J connectivity index is 1.39. The molecule has 0 spiro atoms. The van der Waals surface area contributed by atoms with Crippen LogP contribution in [-0.2, 0) is 24.2 Å². The highest BCUT2D eigenvalue weighted by molar-refractivity contribution is 6.30. The van der Waals surface area contributed by atoms with E-state index in [1.807, 2.05) is 54.6 Å². The van der Waals surface area contributed by atoms with Gasteiger partial charge in [-0.2, -0.15) is 0 Å². The van der Waals surface area contributed by atoms with E-state index >= 15 is 0 Å². The van der Waals surface area contributed by atoms with Crippen LogP contribution in [0.25, 0.3) is 11.3 Å². The zero-order chi connectivity index (χ0) is 20.2. The lowest BCUT2D eigenvalue weighted by Gasteiger charge is -2.18. The van der Waals surface area contributed by atoms with E-state index < -0.39 is 5.97 Å². The molecule has 0 aliphatic carbocycles. The van der Waals surface area contributed by atoms with Crippen LogP contribution in [0, 0.1) is 0 Å². The number of benzene rings is 2. The molecule has 0 unspecified atom stereocenters. The molecule has 1 aliphatic heterocycles. The number of carbonyl (C=O) groups is 1. The molecule has 4 rings (SSSR count). The van der Waals surface area contributed by atoms with Gasteiger partial charge in [0.2, 0.25) is 0 Å². The molecule has 1 aliphatic rings. The molecule has 0 radical (unpaired) electrons. The van der Waals surface area contributed by atoms with Crippen molar-refractivity contribution < 1.29 is 19.1 Å². The van der Waals surface area contributed by atoms with E-state index in [2.05, 4.69) is 4.90 Å². The van der Waals surface area contributed by atoms with Crippen LogP contribution in [0.3, 0.4) is 0 Å². The minimum atomic E-state index is -0.970. The second-order valence-corrected chi connectivity index (χ2v) is 7.60. The minimum absolute atomic E-state index is 0.320. The highest BCUT2D eigenvalue weighted by atomic mass is 35.5. The number of hydrogen-bond acceptors (Lipinski definition) is 4. The van der Waals surface area contributed by atoms with Crippen LogP contribution in [0.15, 0.2) is 59.0 Å². The molecular formula is C23H22ClNO4. The number of aliphatic carboxylic acids is 1. The molecule has 0 bridgehead atoms. The molecule has 5 nitrogen and oxygen atoms in total. The predicted molar refractivity (Wildman–Crippen MR) is 111 cm³/mol. The highest BCUT2D eigenvalue weighted by Crippen LogP contribution is 2.26. The van der Waals surface area contributed by atoms with Crippen molar-refractivity contribution in [1.82, 2.24) is 4.90 Å². The van der Waals surface area contributed by atoms with Gasteiger partial charge < -0.3 is 14.3 Å². The van der Waals surface area contributed by atoms with Crippen molar-refractivity contribution in [3.8, 4) is 17.1 Å². The first-order chi connectivity index (χ1) is 14.1. The molecule has 0 amide bonds. The topological polar surface area (TPSA) is 62.9 Å². The molecule has 0 saturated heterocycles. The van der Waals surface area contributed by atoms with Gasteiger partial charge in [0.05, 0.1) is 6.54 Å². The molecule has 0 saturated carbocycles. The number of fused-ring (bicyclic) bond motifs is 1. The Morgan fingerprint density at radius 1 is 1.03 bits per heavy atom. The van der Waals surface area contributed by atoms with Crippen LogP contribution in [0.2, 0.25) is 5.02 Å². The number of halogens is 1. The quantitative estimate of drug-likeness (QED) is 0.639. The fourth-order valence-electron chi connectivity index (χ4n) is 3.59. The smallest absolute Gasteiger partial charge is 0.341 e. The van der Waals surface area contributed by atoms with Crippen LogP contribution >= 0.6 is 11.6 Å². The molecule has 29 heavy (non-hydrogen) atoms. The minimum Gasteiger partial charge on any atom is -0.482 e. The van der Waals surface area contributed by atoms with Gasteiger partial charge in [0.1, 0.15) is 17.3 Å². The average molecular weight is 412 g/mol. The fourth-order valence-corrected chi connectivity index (χ4v) is 3.72. The molecule has 3 aromatic rings. The molecular weight excluding hydrogens is 390 g/mol. The summed E-state index contributed by atoms with van der Waals surface area (Å²) in [4.78, 5) is 13.1. The number of ether oxygens (including phenoxy) is 1. The molecule has 6 heteroatoms. The van der Waals surface area contributed by atoms with Gasteiger partial charge in [0.15, 0.2) is 6.61 Å². The molecule has 0 fully saturated rings. The standard InChI is InChI=1S/C23H22ClNO4/c24-19-4-1-17(2-5-19)22-8-7-21(29-22)14-25-11-9-16-3-6-20(28-15-23(26)27)13-18(16)10-12-25/h1-8,13H,9-12,14-15H2,(H,26,27). The van der Waals surface area contributed by atoms with E-state index in [-0.39, 0.29) is 6.61 Å². The first-order valence-electron chi connectivity index (χ1n) is 9.60. The van der Waals surface area contributed by atoms with Crippen molar-refractivity contribution in [2.45, 2.75) is 19.4 Å². The second-order valence-electron chi connectivity index (χ2n) is 7.16. The van der Waals surface area contributed by atoms with Crippen LogP contribution in [0.4, 0.5) is 0 Å². The Morgan fingerprint density at radius 3 is 2.55 bits per heavy atom. The molecule has 150 valence electrons. The fraction of sp³-hybridized carbons (Fsp3) is 0.261. The maximum absolute atomic E-state index is 10.7. The van der Waals surface area contributed by atoms with Crippen molar-refractivity contribution in [3.05, 3.63) is 76.5 Å². The normalized spacial score (nSPS) is 14.2. The summed E-state index contributed by atoms with van der Waals surface area (Å²) < 4.78 is 11.4. The van der Waals surface area contributed by atoms with Crippen LogP contribution in [0.1, 0.15) is 16.9 Å². The Bertz CT molecular complexity index is 996. The SMILES string of the molecule is O=C(O)COc1ccc2c(c1)CCN(Cc1ccc(-c3ccc(Cl)cc3)o1)CC2. The van der Waals surface area contributed by atoms with Gasteiger partial charge in [-0.05, 0) is 72.5 Å². The Morgan fingerprint density at radius 2 is 1.79 bits per heavy atom. The summed E-state index contributed by atoms with van der Waals surface area (Å²) in [5.41, 5.74) is 3.52. The van der Waals surface area contributed by atoms with E-state index in [4.69, 9.17) is 25.9 Å². The third kappa shape index (κ3) is 5.00. The van der Waals surface area contributed by atoms with E-state index in [0.29, 0.717) is 10.8 Å². The Hall–Kier alpha value is -2.76. The molecule has 2 heterocycles. The Kier molecular flexibility index (Phi) is 5.88. The largest absolute Gasteiger partial charge is 0.482 e. The van der Waals surface area contributed by atoms with Crippen molar-refractivity contribution >= 4 is 17.6 Å². The van der Waals surface area contributed by atoms with Gasteiger partial charge in [-0.3, -0.25) is 4.90 Å². The van der Waals surface area contributed by atoms with Crippen LogP contribution in [-0.4, -0.2) is 35.7 Å². The highest BCUT2D eigenvalue weighted by Gasteiger charge is 2.17. The van der Waals surface area contributed by atoms with Crippen molar-refractivity contribution in [2.24, 2.45) is 0 Å². The van der Waals surface area contributed by atoms with Gasteiger partial charge in [-0.1, -0.05) is 17.7 Å². The number of rotatable bonds is 6. The van der Waals surface area contributed by atoms with Crippen LogP contribution < -0.4 is 4.74 Å². The summed E-state index contributed by atoms with van der Waals surface area (Å²) in [6, 6.07) is 17.5. The van der Waals surface area contributed by atoms with Gasteiger partial charge in [0, 0.05) is 23.7 Å². The lowest BCUT2D eigenvalue weighted by Crippen LogP contribution is -2.25. The lowest BCUT2D eigenvalue weighted by molar-refractivity contribution is -0.139. The average Bonchev–Trinajstić information content (AvgIpc) is 3.08. The zero-order valence-corrected chi connectivity index (χ0v) is 16.7. The summed E-state index contributed by atoms with van der Waals surface area (Å²) in [6.45, 7) is 2.29. The number of carboxylic acid groups (broad SMARTS) is 1. The van der Waals surface area contributed by atoms with Crippen molar-refractivity contribution in [3.63, 3.8) is 0 Å². The number of hydrogen-bond donors (Lipinski definition) is 1.